The maximum absolute atomic E-state index is 11.6. The van der Waals surface area contributed by atoms with E-state index in [1.807, 2.05) is 5.83 Å². The second-order valence-electron chi connectivity index (χ2n) is 7.08. The van der Waals surface area contributed by atoms with E-state index in [1.165, 1.54) is 12.1 Å². The summed E-state index contributed by atoms with van der Waals surface area (Å²) in [7, 11) is 1.55. The highest BCUT2D eigenvalue weighted by molar-refractivity contribution is 9.08. The summed E-state index contributed by atoms with van der Waals surface area (Å²) in [4.78, 5) is 33.8. The summed E-state index contributed by atoms with van der Waals surface area (Å²) in [6.07, 6.45) is 4.10. The van der Waals surface area contributed by atoms with Crippen molar-refractivity contribution in [1.82, 2.24) is 0 Å². The number of nitrogen functional groups attached to an aromatic ring is 1. The van der Waals surface area contributed by atoms with Crippen LogP contribution < -0.4 is 32.6 Å². The Morgan fingerprint density at radius 2 is 1.67 bits per heavy atom. The number of nitrogens with two attached hydrogens (primary N) is 3. The van der Waals surface area contributed by atoms with E-state index in [0.717, 1.165) is 6.07 Å². The lowest BCUT2D eigenvalue weighted by atomic mass is 10.1. The molecule has 0 bridgehead atoms. The zero-order valence-electron chi connectivity index (χ0n) is 20.1. The molecule has 0 radical (unpaired) electrons. The first kappa shape index (κ1) is 30.2. The van der Waals surface area contributed by atoms with Gasteiger partial charge in [0.15, 0.2) is 5.69 Å². The molecule has 0 aliphatic rings. The molecule has 0 spiro atoms. The lowest BCUT2D eigenvalue weighted by Gasteiger charge is -2.14. The summed E-state index contributed by atoms with van der Waals surface area (Å²) in [6.45, 7) is 1.33. The molecule has 8 N–H and O–H groups in total. The van der Waals surface area contributed by atoms with Gasteiger partial charge in [-0.2, -0.15) is 0 Å². The van der Waals surface area contributed by atoms with Crippen molar-refractivity contribution in [3.05, 3.63) is 63.7 Å². The molecule has 0 heterocycles. The van der Waals surface area contributed by atoms with E-state index in [0.29, 0.717) is 36.5 Å². The first-order chi connectivity index (χ1) is 17.2. The van der Waals surface area contributed by atoms with E-state index >= 15 is 0 Å². The predicted molar refractivity (Wildman–Crippen MR) is 144 cm³/mol. The Balaban J connectivity index is 0.00000316. The molecule has 0 aromatic heterocycles. The van der Waals surface area contributed by atoms with Crippen molar-refractivity contribution in [1.29, 1.82) is 0 Å². The maximum Gasteiger partial charge on any atom is 0.296 e. The minimum absolute atomic E-state index is 0.0290. The summed E-state index contributed by atoms with van der Waals surface area (Å²) < 4.78 is 10.6. The van der Waals surface area contributed by atoms with Crippen molar-refractivity contribution in [2.75, 3.05) is 55.6 Å². The number of primary amides is 2. The third-order valence-electron chi connectivity index (χ3n) is 4.62. The summed E-state index contributed by atoms with van der Waals surface area (Å²) in [5, 5.41) is 17.6. The highest BCUT2D eigenvalue weighted by Crippen LogP contribution is 2.36. The van der Waals surface area contributed by atoms with Gasteiger partial charge in [0, 0.05) is 50.4 Å². The fraction of sp³-hybridized carbons (Fsp3) is 0.304. The lowest BCUT2D eigenvalue weighted by molar-refractivity contribution is -0.384. The molecule has 0 unspecified atom stereocenters. The number of nitrogens with zero attached hydrogens (tertiary/aromatic N) is 1. The fourth-order valence-corrected chi connectivity index (χ4v) is 2.94. The standard InChI is InChI=1S/C22H28N6O6.CH3Br/c1-33-9-4-10-34-19-13-15(22(25)30)12-18(28(31)32)20(19)27-8-3-2-7-26-17-6-5-14(21(24)29)11-16(17)23;1-2/h2-3,5-6,11-13,26-27H,4,7-10,23H2,1H3,(H2,24,29)(H2,25,30);1H3/b3-2+;. The lowest BCUT2D eigenvalue weighted by Crippen LogP contribution is -2.14. The quantitative estimate of drug-likeness (QED) is 0.0569. The molecule has 12 nitrogen and oxygen atoms in total. The van der Waals surface area contributed by atoms with Crippen LogP contribution >= 0.6 is 15.9 Å². The monoisotopic (exact) mass is 566 g/mol. The van der Waals surface area contributed by atoms with Crippen LogP contribution in [0.2, 0.25) is 0 Å². The van der Waals surface area contributed by atoms with E-state index in [2.05, 4.69) is 26.6 Å². The SMILES string of the molecule is CBr.COCCCOc1cc(C(N)=O)cc([N+](=O)[O-])c1NC/C=C/CNc1ccc(C(N)=O)cc1N. The van der Waals surface area contributed by atoms with Crippen molar-refractivity contribution in [3.63, 3.8) is 0 Å². The van der Waals surface area contributed by atoms with Crippen molar-refractivity contribution in [2.24, 2.45) is 11.5 Å². The number of carbonyl (C=O) groups excluding carboxylic acids is 2. The molecule has 2 aromatic carbocycles. The van der Waals surface area contributed by atoms with Crippen LogP contribution in [0.15, 0.2) is 42.5 Å². The van der Waals surface area contributed by atoms with Crippen LogP contribution in [-0.4, -0.2) is 56.0 Å². The summed E-state index contributed by atoms with van der Waals surface area (Å²) >= 11 is 2.94. The number of nitro groups is 1. The van der Waals surface area contributed by atoms with Crippen LogP contribution in [0.25, 0.3) is 0 Å². The Morgan fingerprint density at radius 3 is 2.22 bits per heavy atom. The van der Waals surface area contributed by atoms with Crippen molar-refractivity contribution in [2.45, 2.75) is 6.42 Å². The molecular formula is C23H31BrN6O6. The highest BCUT2D eigenvalue weighted by atomic mass is 79.9. The second-order valence-corrected chi connectivity index (χ2v) is 7.08. The zero-order chi connectivity index (χ0) is 27.1. The molecule has 0 saturated heterocycles. The van der Waals surface area contributed by atoms with E-state index in [1.54, 1.807) is 31.4 Å². The maximum atomic E-state index is 11.6. The Morgan fingerprint density at radius 1 is 1.03 bits per heavy atom. The number of benzene rings is 2. The topological polar surface area (TPSA) is 198 Å². The molecule has 0 aliphatic heterocycles. The Bertz CT molecular complexity index is 1080. The first-order valence-electron chi connectivity index (χ1n) is 10.7. The van der Waals surface area contributed by atoms with Gasteiger partial charge < -0.3 is 37.3 Å². The van der Waals surface area contributed by atoms with E-state index < -0.39 is 16.7 Å². The molecule has 2 aromatic rings. The molecule has 196 valence electrons. The van der Waals surface area contributed by atoms with Crippen molar-refractivity contribution in [3.8, 4) is 5.75 Å². The fourth-order valence-electron chi connectivity index (χ4n) is 2.94. The van der Waals surface area contributed by atoms with Gasteiger partial charge in [-0.05, 0) is 30.1 Å². The average Bonchev–Trinajstić information content (AvgIpc) is 2.85. The van der Waals surface area contributed by atoms with Crippen LogP contribution in [0.3, 0.4) is 0 Å². The minimum atomic E-state index is -0.800. The number of alkyl halides is 1. The number of anilines is 3. The number of hydrogen-bond donors (Lipinski definition) is 5. The van der Waals surface area contributed by atoms with Gasteiger partial charge in [-0.3, -0.25) is 19.7 Å². The molecule has 0 saturated carbocycles. The summed E-state index contributed by atoms with van der Waals surface area (Å²) in [5.74, 6) is 0.593. The molecule has 0 atom stereocenters. The van der Waals surface area contributed by atoms with E-state index in [9.17, 15) is 19.7 Å². The third kappa shape index (κ3) is 9.43. The summed E-state index contributed by atoms with van der Waals surface area (Å²) in [6, 6.07) is 7.18. The molecule has 0 aliphatic carbocycles. The zero-order valence-corrected chi connectivity index (χ0v) is 21.7. The average molecular weight is 567 g/mol. The van der Waals surface area contributed by atoms with Crippen molar-refractivity contribution < 1.29 is 24.0 Å². The Kier molecular flexibility index (Phi) is 13.4. The number of amides is 2. The largest absolute Gasteiger partial charge is 0.491 e. The Labute approximate surface area is 217 Å². The summed E-state index contributed by atoms with van der Waals surface area (Å²) in [5.41, 5.74) is 17.5. The van der Waals surface area contributed by atoms with Crippen LogP contribution in [0.5, 0.6) is 5.75 Å². The van der Waals surface area contributed by atoms with Gasteiger partial charge >= 0.3 is 0 Å². The number of rotatable bonds is 14. The number of ether oxygens (including phenoxy) is 2. The molecule has 2 amide bonds. The van der Waals surface area contributed by atoms with Crippen LogP contribution in [0, 0.1) is 10.1 Å². The molecular weight excluding hydrogens is 536 g/mol. The normalized spacial score (nSPS) is 10.3. The van der Waals surface area contributed by atoms with Gasteiger partial charge in [0.25, 0.3) is 5.69 Å². The number of hydrogen-bond acceptors (Lipinski definition) is 9. The Hall–Kier alpha value is -3.84. The first-order valence-corrected chi connectivity index (χ1v) is 12.3. The predicted octanol–water partition coefficient (Wildman–Crippen LogP) is 2.88. The van der Waals surface area contributed by atoms with Crippen molar-refractivity contribution >= 4 is 50.5 Å². The van der Waals surface area contributed by atoms with Crippen LogP contribution in [-0.2, 0) is 4.74 Å². The van der Waals surface area contributed by atoms with E-state index in [-0.39, 0.29) is 35.8 Å². The van der Waals surface area contributed by atoms with Gasteiger partial charge in [0.05, 0.1) is 22.9 Å². The number of methoxy groups -OCH3 is 1. The minimum Gasteiger partial charge on any atom is -0.491 e. The van der Waals surface area contributed by atoms with Gasteiger partial charge in [-0.1, -0.05) is 28.1 Å². The highest BCUT2D eigenvalue weighted by Gasteiger charge is 2.22. The smallest absolute Gasteiger partial charge is 0.296 e. The van der Waals surface area contributed by atoms with Crippen LogP contribution in [0.1, 0.15) is 27.1 Å². The van der Waals surface area contributed by atoms with Gasteiger partial charge in [-0.15, -0.1) is 0 Å². The third-order valence-corrected chi connectivity index (χ3v) is 4.62. The molecule has 36 heavy (non-hydrogen) atoms. The number of halogens is 1. The molecule has 13 heteroatoms. The number of nitro benzene ring substituents is 1. The van der Waals surface area contributed by atoms with Crippen LogP contribution in [0.4, 0.5) is 22.7 Å². The number of nitrogens with one attached hydrogen (secondary N) is 2. The molecule has 0 fully saturated rings. The molecule has 2 rings (SSSR count). The van der Waals surface area contributed by atoms with Gasteiger partial charge in [0.1, 0.15) is 5.75 Å². The van der Waals surface area contributed by atoms with Gasteiger partial charge in [-0.25, -0.2) is 0 Å². The van der Waals surface area contributed by atoms with Gasteiger partial charge in [0.2, 0.25) is 11.8 Å². The van der Waals surface area contributed by atoms with E-state index in [4.69, 9.17) is 26.7 Å². The second kappa shape index (κ2) is 15.9. The number of carbonyl (C=O) groups is 2.